The third-order valence-electron chi connectivity index (χ3n) is 2.47. The van der Waals surface area contributed by atoms with Gasteiger partial charge in [-0.2, -0.15) is 4.99 Å². The fourth-order valence-corrected chi connectivity index (χ4v) is 5.96. The van der Waals surface area contributed by atoms with Crippen molar-refractivity contribution < 1.29 is 9.53 Å². The third-order valence-corrected chi connectivity index (χ3v) is 7.56. The van der Waals surface area contributed by atoms with Crippen LogP contribution in [0, 0.1) is 0 Å². The summed E-state index contributed by atoms with van der Waals surface area (Å²) in [6, 6.07) is 6.81. The molecule has 8 heteroatoms. The van der Waals surface area contributed by atoms with Crippen LogP contribution in [0.2, 0.25) is 0 Å². The van der Waals surface area contributed by atoms with Gasteiger partial charge in [0.15, 0.2) is 0 Å². The van der Waals surface area contributed by atoms with Gasteiger partial charge in [-0.15, -0.1) is 0 Å². The Labute approximate surface area is 149 Å². The zero-order valence-corrected chi connectivity index (χ0v) is 14.9. The summed E-state index contributed by atoms with van der Waals surface area (Å²) in [6.07, 6.45) is 0. The predicted octanol–water partition coefficient (Wildman–Crippen LogP) is 5.73. The SMILES string of the molecule is O=C(Oc1ccc(N=C=S)cc1)C1=CSC(=C2SC=CS2)S1. The molecular formula is C14H7NO2S5. The molecule has 0 bridgehead atoms. The normalized spacial score (nSPS) is 16.5. The minimum absolute atomic E-state index is 0.347. The van der Waals surface area contributed by atoms with E-state index in [4.69, 9.17) is 4.74 Å². The first-order chi connectivity index (χ1) is 10.8. The zero-order valence-electron chi connectivity index (χ0n) is 10.8. The fraction of sp³-hybridized carbons (Fsp3) is 0. The van der Waals surface area contributed by atoms with Crippen molar-refractivity contribution >= 4 is 76.1 Å². The number of thioether (sulfide) groups is 4. The van der Waals surface area contributed by atoms with Crippen LogP contribution < -0.4 is 4.74 Å². The highest BCUT2D eigenvalue weighted by atomic mass is 32.2. The van der Waals surface area contributed by atoms with Gasteiger partial charge in [0.25, 0.3) is 0 Å². The molecule has 0 spiro atoms. The minimum Gasteiger partial charge on any atom is -0.423 e. The predicted molar refractivity (Wildman–Crippen MR) is 101 cm³/mol. The standard InChI is InChI=1S/C14H7NO2S5/c16-12(17-10-3-1-9(2-4-10)15-8-18)11-7-21-14(22-11)13-19-5-6-20-13/h1-7H. The fourth-order valence-electron chi connectivity index (χ4n) is 1.54. The van der Waals surface area contributed by atoms with Crippen molar-refractivity contribution in [3.63, 3.8) is 0 Å². The average molecular weight is 382 g/mol. The summed E-state index contributed by atoms with van der Waals surface area (Å²) in [5.74, 6) is 0.132. The summed E-state index contributed by atoms with van der Waals surface area (Å²) >= 11 is 10.9. The van der Waals surface area contributed by atoms with Crippen molar-refractivity contribution in [3.05, 3.63) is 53.9 Å². The van der Waals surface area contributed by atoms with E-state index in [1.54, 1.807) is 59.6 Å². The maximum absolute atomic E-state index is 12.2. The number of hydrogen-bond donors (Lipinski definition) is 0. The lowest BCUT2D eigenvalue weighted by Gasteiger charge is -2.05. The first-order valence-electron chi connectivity index (χ1n) is 5.93. The van der Waals surface area contributed by atoms with Crippen LogP contribution in [0.15, 0.2) is 58.9 Å². The van der Waals surface area contributed by atoms with E-state index >= 15 is 0 Å². The molecule has 2 aliphatic rings. The second-order valence-corrected chi connectivity index (χ2v) is 8.33. The molecule has 0 atom stereocenters. The van der Waals surface area contributed by atoms with Crippen molar-refractivity contribution in [3.8, 4) is 5.75 Å². The van der Waals surface area contributed by atoms with Crippen LogP contribution in [0.5, 0.6) is 5.75 Å². The Balaban J connectivity index is 1.63. The van der Waals surface area contributed by atoms with Crippen molar-refractivity contribution in [1.29, 1.82) is 0 Å². The summed E-state index contributed by atoms with van der Waals surface area (Å²) in [6.45, 7) is 0. The van der Waals surface area contributed by atoms with Gasteiger partial charge < -0.3 is 4.74 Å². The first-order valence-corrected chi connectivity index (χ1v) is 9.80. The molecular weight excluding hydrogens is 374 g/mol. The Morgan fingerprint density at radius 3 is 2.50 bits per heavy atom. The summed E-state index contributed by atoms with van der Waals surface area (Å²) in [5, 5.41) is 8.20. The highest BCUT2D eigenvalue weighted by molar-refractivity contribution is 8.33. The number of ether oxygens (including phenoxy) is 1. The molecule has 3 nitrogen and oxygen atoms in total. The zero-order chi connectivity index (χ0) is 15.4. The molecule has 0 fully saturated rings. The second kappa shape index (κ2) is 7.59. The van der Waals surface area contributed by atoms with E-state index in [2.05, 4.69) is 22.4 Å². The summed E-state index contributed by atoms with van der Waals surface area (Å²) in [4.78, 5) is 16.6. The Bertz CT molecular complexity index is 735. The minimum atomic E-state index is -0.347. The smallest absolute Gasteiger partial charge is 0.350 e. The maximum Gasteiger partial charge on any atom is 0.350 e. The lowest BCUT2D eigenvalue weighted by molar-refractivity contribution is -0.129. The number of aliphatic imine (C=N–C) groups is 1. The van der Waals surface area contributed by atoms with Crippen LogP contribution in [0.4, 0.5) is 5.69 Å². The lowest BCUT2D eigenvalue weighted by Crippen LogP contribution is -2.07. The molecule has 110 valence electrons. The van der Waals surface area contributed by atoms with Crippen LogP contribution in [-0.4, -0.2) is 11.1 Å². The molecule has 0 radical (unpaired) electrons. The Morgan fingerprint density at radius 1 is 1.09 bits per heavy atom. The number of carbonyl (C=O) groups is 1. The average Bonchev–Trinajstić information content (AvgIpc) is 3.20. The number of nitrogens with zero attached hydrogens (tertiary/aromatic N) is 1. The number of benzene rings is 1. The Morgan fingerprint density at radius 2 is 1.82 bits per heavy atom. The number of isothiocyanates is 1. The van der Waals surface area contributed by atoms with Crippen molar-refractivity contribution in [2.24, 2.45) is 4.99 Å². The Hall–Kier alpha value is -0.890. The topological polar surface area (TPSA) is 38.7 Å². The van der Waals surface area contributed by atoms with Crippen LogP contribution in [0.3, 0.4) is 0 Å². The molecule has 2 aliphatic heterocycles. The van der Waals surface area contributed by atoms with Gasteiger partial charge in [-0.25, -0.2) is 4.79 Å². The molecule has 0 aliphatic carbocycles. The van der Waals surface area contributed by atoms with Gasteiger partial charge in [0, 0.05) is 0 Å². The summed E-state index contributed by atoms with van der Waals surface area (Å²) in [7, 11) is 0. The van der Waals surface area contributed by atoms with E-state index in [1.807, 2.05) is 16.2 Å². The number of hydrogen-bond acceptors (Lipinski definition) is 8. The molecule has 0 unspecified atom stereocenters. The molecule has 1 aromatic carbocycles. The van der Waals surface area contributed by atoms with Gasteiger partial charge in [-0.05, 0) is 52.7 Å². The maximum atomic E-state index is 12.2. The van der Waals surface area contributed by atoms with Crippen LogP contribution in [0.1, 0.15) is 0 Å². The van der Waals surface area contributed by atoms with E-state index in [9.17, 15) is 4.79 Å². The number of rotatable bonds is 3. The summed E-state index contributed by atoms with van der Waals surface area (Å²) < 4.78 is 7.69. The molecule has 0 amide bonds. The molecule has 0 N–H and O–H groups in total. The molecule has 0 saturated heterocycles. The number of esters is 1. The number of thiocarbonyl (C=S) groups is 1. The molecule has 0 saturated carbocycles. The van der Waals surface area contributed by atoms with Gasteiger partial charge >= 0.3 is 5.97 Å². The third kappa shape index (κ3) is 3.90. The highest BCUT2D eigenvalue weighted by Gasteiger charge is 2.24. The monoisotopic (exact) mass is 381 g/mol. The second-order valence-electron chi connectivity index (χ2n) is 3.87. The molecule has 2 heterocycles. The van der Waals surface area contributed by atoms with Gasteiger partial charge in [0.05, 0.1) is 19.3 Å². The van der Waals surface area contributed by atoms with E-state index in [-0.39, 0.29) is 5.97 Å². The highest BCUT2D eigenvalue weighted by Crippen LogP contribution is 2.53. The van der Waals surface area contributed by atoms with Crippen molar-refractivity contribution in [2.75, 3.05) is 0 Å². The Kier molecular flexibility index (Phi) is 5.51. The molecule has 3 rings (SSSR count). The van der Waals surface area contributed by atoms with Gasteiger partial charge in [0.1, 0.15) is 10.7 Å². The first kappa shape index (κ1) is 16.0. The van der Waals surface area contributed by atoms with E-state index < -0.39 is 0 Å². The number of carbonyl (C=O) groups excluding carboxylic acids is 1. The van der Waals surface area contributed by atoms with E-state index in [0.717, 1.165) is 4.24 Å². The molecule has 22 heavy (non-hydrogen) atoms. The van der Waals surface area contributed by atoms with Gasteiger partial charge in [-0.1, -0.05) is 47.0 Å². The van der Waals surface area contributed by atoms with Gasteiger partial charge in [-0.3, -0.25) is 0 Å². The molecule has 0 aromatic heterocycles. The molecule has 1 aromatic rings. The van der Waals surface area contributed by atoms with Crippen molar-refractivity contribution in [2.45, 2.75) is 0 Å². The van der Waals surface area contributed by atoms with E-state index in [0.29, 0.717) is 16.3 Å². The lowest BCUT2D eigenvalue weighted by atomic mass is 10.3. The van der Waals surface area contributed by atoms with Gasteiger partial charge in [0.2, 0.25) is 0 Å². The van der Waals surface area contributed by atoms with Crippen molar-refractivity contribution in [1.82, 2.24) is 0 Å². The van der Waals surface area contributed by atoms with Crippen LogP contribution in [-0.2, 0) is 4.79 Å². The van der Waals surface area contributed by atoms with E-state index in [1.165, 1.54) is 16.0 Å². The van der Waals surface area contributed by atoms with Crippen LogP contribution in [0.25, 0.3) is 0 Å². The quantitative estimate of drug-likeness (QED) is 0.287. The van der Waals surface area contributed by atoms with Crippen LogP contribution >= 0.6 is 59.3 Å². The summed E-state index contributed by atoms with van der Waals surface area (Å²) in [5.41, 5.74) is 0.676. The largest absolute Gasteiger partial charge is 0.423 e.